The predicted molar refractivity (Wildman–Crippen MR) is 115 cm³/mol. The van der Waals surface area contributed by atoms with Crippen molar-refractivity contribution in [1.82, 2.24) is 6.15 Å². The maximum atomic E-state index is 9.00. The molecular formula is C15H38CaINO9. The van der Waals surface area contributed by atoms with Crippen molar-refractivity contribution in [1.29, 1.82) is 0.594 Å². The van der Waals surface area contributed by atoms with Gasteiger partial charge in [-0.1, -0.05) is 6.47 Å². The molecule has 0 aliphatic rings. The summed E-state index contributed by atoms with van der Waals surface area (Å²) in [7, 11) is 0. The Morgan fingerprint density at radius 3 is 1.07 bits per heavy atom. The van der Waals surface area contributed by atoms with E-state index in [-0.39, 0.29) is 73.8 Å². The van der Waals surface area contributed by atoms with E-state index in [0.29, 0.717) is 6.47 Å². The van der Waals surface area contributed by atoms with Gasteiger partial charge in [-0.05, 0) is 0 Å². The van der Waals surface area contributed by atoms with Crippen LogP contribution >= 0.6 is 19.9 Å². The quantitative estimate of drug-likeness (QED) is 0.233. The van der Waals surface area contributed by atoms with Gasteiger partial charge in [0.25, 0.3) is 5.97 Å². The van der Waals surface area contributed by atoms with Crippen LogP contribution in [0.25, 0.3) is 0 Å². The van der Waals surface area contributed by atoms with Gasteiger partial charge in [0.2, 0.25) is 0 Å². The molecule has 0 spiro atoms. The maximum Gasteiger partial charge on any atom is 2.00 e. The topological polar surface area (TPSA) is 177 Å². The van der Waals surface area contributed by atoms with E-state index in [0.717, 1.165) is 6.92 Å². The molecule has 0 atom stereocenters. The molecule has 0 saturated heterocycles. The molecule has 0 rings (SSSR count). The van der Waals surface area contributed by atoms with Crippen LogP contribution in [-0.2, 0) is 21.9 Å². The molecule has 0 aromatic heterocycles. The van der Waals surface area contributed by atoms with Crippen molar-refractivity contribution in [3.05, 3.63) is 0 Å². The van der Waals surface area contributed by atoms with Gasteiger partial charge >= 0.3 is 150 Å². The first-order chi connectivity index (χ1) is 11.1. The van der Waals surface area contributed by atoms with Crippen LogP contribution in [0.5, 0.6) is 0 Å². The van der Waals surface area contributed by atoms with Crippen LogP contribution in [-0.4, -0.2) is 90.9 Å². The number of aliphatic hydroxyl groups excluding tert-OH is 1. The summed E-state index contributed by atoms with van der Waals surface area (Å²) >= 11 is -4.99. The predicted octanol–water partition coefficient (Wildman–Crippen LogP) is 3.43. The van der Waals surface area contributed by atoms with Gasteiger partial charge in [0.1, 0.15) is 0 Å². The second-order valence-electron chi connectivity index (χ2n) is 5.54. The second kappa shape index (κ2) is 24.7. The number of halogens is 1. The van der Waals surface area contributed by atoms with Gasteiger partial charge in [-0.2, -0.15) is 0 Å². The van der Waals surface area contributed by atoms with Crippen LogP contribution in [0.4, 0.5) is 0 Å². The fraction of sp³-hybridized carbons (Fsp3) is 0.867. The van der Waals surface area contributed by atoms with Crippen LogP contribution in [0.2, 0.25) is 0 Å². The fourth-order valence-electron chi connectivity index (χ4n) is 0.999. The molecule has 27 heavy (non-hydrogen) atoms. The first-order valence-electron chi connectivity index (χ1n) is 7.91. The zero-order valence-corrected chi connectivity index (χ0v) is 22.3. The standard InChI is InChI=1S/C12H29IO4.C2H4O2.CHO2.Ca.H3N.H2O/c1-9(2)14-13(15-10(3)4,16-11(5)6)17-12(7)8;1-2(3)4;2-1-3;;;/h9-13H,1-8H3;1H3,(H,3,4);(H,2,3);;1H3;1H2/q;;-1;+2;;/p-1/i13T;;;;;. The van der Waals surface area contributed by atoms with Crippen molar-refractivity contribution in [3.8, 4) is 0 Å². The summed E-state index contributed by atoms with van der Waals surface area (Å²) in [6, 6.07) is 0. The number of rotatable bonds is 8. The Bertz CT molecular complexity index is 333. The third-order valence-electron chi connectivity index (χ3n) is 1.15. The number of hydrogen-bond acceptors (Lipinski definition) is 8. The molecule has 0 amide bonds. The summed E-state index contributed by atoms with van der Waals surface area (Å²) in [4.78, 5) is 17.2. The third-order valence-corrected chi connectivity index (χ3v) is 7.71. The molecule has 6 N–H and O–H groups in total. The monoisotopic (exact) mass is 545 g/mol. The van der Waals surface area contributed by atoms with Crippen LogP contribution in [0, 0.1) is 0 Å². The summed E-state index contributed by atoms with van der Waals surface area (Å²) in [6.07, 6.45) is -0.749. The van der Waals surface area contributed by atoms with Crippen molar-refractivity contribution in [2.45, 2.75) is 86.7 Å². The normalized spacial score (nSPS) is 11.9. The van der Waals surface area contributed by atoms with E-state index in [1.165, 1.54) is 0 Å². The summed E-state index contributed by atoms with van der Waals surface area (Å²) in [5.74, 6) is -0.833. The molecule has 0 fully saturated rings. The molecule has 10 nitrogen and oxygen atoms in total. The molecule has 0 heterocycles. The molecule has 0 radical (unpaired) electrons. The van der Waals surface area contributed by atoms with E-state index in [1.54, 1.807) is 0 Å². The van der Waals surface area contributed by atoms with Crippen molar-refractivity contribution >= 4 is 70.1 Å². The number of carboxylic acid groups (broad SMARTS) is 1. The van der Waals surface area contributed by atoms with Crippen molar-refractivity contribution < 1.29 is 37.5 Å². The zero-order valence-electron chi connectivity index (χ0n) is 18.9. The van der Waals surface area contributed by atoms with Gasteiger partial charge in [0.05, 0.1) is 0 Å². The van der Waals surface area contributed by atoms with E-state index in [4.69, 9.17) is 32.7 Å². The van der Waals surface area contributed by atoms with Gasteiger partial charge < -0.3 is 26.6 Å². The molecule has 0 bridgehead atoms. The Hall–Kier alpha value is 0.690. The minimum Gasteiger partial charge on any atom is -0.870 e. The van der Waals surface area contributed by atoms with Gasteiger partial charge in [-0.3, -0.25) is 4.79 Å². The number of carboxylic acids is 1. The van der Waals surface area contributed by atoms with E-state index >= 15 is 0 Å². The molecule has 0 aromatic rings. The van der Waals surface area contributed by atoms with E-state index in [2.05, 4.69) is 0 Å². The smallest absolute Gasteiger partial charge is 0.870 e. The van der Waals surface area contributed by atoms with E-state index in [1.807, 2.05) is 55.4 Å². The Labute approximate surface area is 199 Å². The van der Waals surface area contributed by atoms with Gasteiger partial charge in [0.15, 0.2) is 0 Å². The Kier molecular flexibility index (Phi) is 35.1. The number of hydrogen-bond donors (Lipinski definition) is 3. The molecule has 12 heteroatoms. The first kappa shape index (κ1) is 38.3. The minimum atomic E-state index is -4.99. The zero-order chi connectivity index (χ0) is 20.9. The Morgan fingerprint density at radius 2 is 1.00 bits per heavy atom. The number of aliphatic carboxylic acids is 1. The molecule has 166 valence electrons. The Balaban J connectivity index is -0.000000105. The SMILES string of the molecule is CC(=O)O.N.O=[C-]O.[3H]I(OC(C)C)(OC(C)C)(OC(C)C)OC(C)C.[Ca+2].[OH-]. The molecular weight excluding hydrogens is 505 g/mol. The van der Waals surface area contributed by atoms with Crippen molar-refractivity contribution in [3.63, 3.8) is 0 Å². The maximum absolute atomic E-state index is 9.00. The molecule has 0 aliphatic heterocycles. The molecule has 0 unspecified atom stereocenters. The third kappa shape index (κ3) is 38.0. The minimum absolute atomic E-state index is 0. The largest absolute Gasteiger partial charge is 2.00 e. The van der Waals surface area contributed by atoms with Crippen LogP contribution in [0.3, 0.4) is 0 Å². The average molecular weight is 545 g/mol. The van der Waals surface area contributed by atoms with E-state index < -0.39 is 25.9 Å². The van der Waals surface area contributed by atoms with E-state index in [9.17, 15) is 0 Å². The van der Waals surface area contributed by atoms with Crippen LogP contribution < -0.4 is 6.15 Å². The fourth-order valence-corrected chi connectivity index (χ4v) is 6.70. The molecule has 0 aromatic carbocycles. The summed E-state index contributed by atoms with van der Waals surface area (Å²) in [6.45, 7) is 16.4. The summed E-state index contributed by atoms with van der Waals surface area (Å²) in [5.41, 5.74) is 0. The average Bonchev–Trinajstić information content (AvgIpc) is 2.21. The van der Waals surface area contributed by atoms with Crippen molar-refractivity contribution in [2.24, 2.45) is 0 Å². The second-order valence-corrected chi connectivity index (χ2v) is 9.73. The summed E-state index contributed by atoms with van der Waals surface area (Å²) in [5, 5.41) is 14.2. The molecule has 0 aliphatic carbocycles. The Morgan fingerprint density at radius 1 is 0.889 bits per heavy atom. The van der Waals surface area contributed by atoms with Crippen molar-refractivity contribution in [2.75, 3.05) is 0 Å². The molecule has 0 saturated carbocycles. The van der Waals surface area contributed by atoms with Gasteiger partial charge in [-0.25, -0.2) is 0 Å². The van der Waals surface area contributed by atoms with Crippen LogP contribution in [0.15, 0.2) is 0 Å². The first-order valence-corrected chi connectivity index (χ1v) is 11.1. The van der Waals surface area contributed by atoms with Gasteiger partial charge in [-0.15, -0.1) is 0 Å². The van der Waals surface area contributed by atoms with Gasteiger partial charge in [0, 0.05) is 6.92 Å². The summed E-state index contributed by atoms with van der Waals surface area (Å²) < 4.78 is 31.7. The van der Waals surface area contributed by atoms with Crippen LogP contribution in [0.1, 0.15) is 62.3 Å². The number of carbonyl (C=O) groups is 1.